The van der Waals surface area contributed by atoms with Crippen molar-refractivity contribution < 1.29 is 4.74 Å². The van der Waals surface area contributed by atoms with Crippen LogP contribution in [-0.4, -0.2) is 19.3 Å². The first-order chi connectivity index (χ1) is 9.83. The van der Waals surface area contributed by atoms with E-state index in [4.69, 9.17) is 10.5 Å². The van der Waals surface area contributed by atoms with Crippen LogP contribution in [0.15, 0.2) is 0 Å². The monoisotopic (exact) mass is 283 g/mol. The summed E-state index contributed by atoms with van der Waals surface area (Å²) in [7, 11) is 0. The highest BCUT2D eigenvalue weighted by Crippen LogP contribution is 2.21. The topological polar surface area (TPSA) is 35.2 Å². The molecular formula is C18H37NO. The van der Waals surface area contributed by atoms with E-state index in [1.54, 1.807) is 0 Å². The summed E-state index contributed by atoms with van der Waals surface area (Å²) in [6.07, 6.45) is 17.6. The molecule has 2 heteroatoms. The van der Waals surface area contributed by atoms with Crippen LogP contribution in [0.1, 0.15) is 90.4 Å². The predicted octanol–water partition coefficient (Wildman–Crippen LogP) is 5.05. The standard InChI is InChI=1S/C18H37NO/c1-2-3-4-5-6-7-8-9-10-11-18(19)16-17-12-14-20-15-13-17/h17-18H,2-16,19H2,1H3. The molecule has 0 spiro atoms. The van der Waals surface area contributed by atoms with Crippen LogP contribution >= 0.6 is 0 Å². The van der Waals surface area contributed by atoms with Crippen molar-refractivity contribution in [1.29, 1.82) is 0 Å². The molecule has 1 saturated heterocycles. The van der Waals surface area contributed by atoms with Crippen molar-refractivity contribution in [2.24, 2.45) is 11.7 Å². The Hall–Kier alpha value is -0.0800. The Kier molecular flexibility index (Phi) is 11.4. The molecule has 120 valence electrons. The van der Waals surface area contributed by atoms with Gasteiger partial charge in [-0.3, -0.25) is 0 Å². The Morgan fingerprint density at radius 1 is 0.900 bits per heavy atom. The lowest BCUT2D eigenvalue weighted by atomic mass is 9.91. The van der Waals surface area contributed by atoms with E-state index in [0.717, 1.165) is 19.1 Å². The number of hydrogen-bond donors (Lipinski definition) is 1. The number of rotatable bonds is 12. The Morgan fingerprint density at radius 2 is 1.45 bits per heavy atom. The fourth-order valence-electron chi connectivity index (χ4n) is 3.25. The molecule has 1 unspecified atom stereocenters. The predicted molar refractivity (Wildman–Crippen MR) is 88.0 cm³/mol. The second-order valence-electron chi connectivity index (χ2n) is 6.67. The van der Waals surface area contributed by atoms with E-state index in [9.17, 15) is 0 Å². The van der Waals surface area contributed by atoms with Gasteiger partial charge in [-0.1, -0.05) is 64.7 Å². The van der Waals surface area contributed by atoms with Crippen molar-refractivity contribution >= 4 is 0 Å². The number of nitrogens with two attached hydrogens (primary N) is 1. The van der Waals surface area contributed by atoms with E-state index in [-0.39, 0.29) is 0 Å². The fourth-order valence-corrected chi connectivity index (χ4v) is 3.25. The molecule has 1 rings (SSSR count). The first-order valence-electron chi connectivity index (χ1n) is 9.16. The third-order valence-corrected chi connectivity index (χ3v) is 4.66. The molecule has 2 nitrogen and oxygen atoms in total. The maximum Gasteiger partial charge on any atom is 0.0468 e. The second kappa shape index (κ2) is 12.6. The van der Waals surface area contributed by atoms with Crippen molar-refractivity contribution in [3.8, 4) is 0 Å². The van der Waals surface area contributed by atoms with Crippen molar-refractivity contribution in [1.82, 2.24) is 0 Å². The number of hydrogen-bond acceptors (Lipinski definition) is 2. The Morgan fingerprint density at radius 3 is 2.05 bits per heavy atom. The Bertz CT molecular complexity index is 202. The zero-order valence-electron chi connectivity index (χ0n) is 13.7. The summed E-state index contributed by atoms with van der Waals surface area (Å²) in [5.74, 6) is 0.831. The zero-order valence-corrected chi connectivity index (χ0v) is 13.7. The van der Waals surface area contributed by atoms with Gasteiger partial charge in [0, 0.05) is 19.3 Å². The molecule has 20 heavy (non-hydrogen) atoms. The highest BCUT2D eigenvalue weighted by Gasteiger charge is 2.16. The zero-order chi connectivity index (χ0) is 14.5. The first kappa shape index (κ1) is 18.0. The van der Waals surface area contributed by atoms with E-state index in [1.165, 1.54) is 83.5 Å². The molecule has 0 amide bonds. The fraction of sp³-hybridized carbons (Fsp3) is 1.00. The van der Waals surface area contributed by atoms with Crippen LogP contribution in [0.25, 0.3) is 0 Å². The van der Waals surface area contributed by atoms with Crippen molar-refractivity contribution in [2.75, 3.05) is 13.2 Å². The highest BCUT2D eigenvalue weighted by atomic mass is 16.5. The van der Waals surface area contributed by atoms with E-state index in [0.29, 0.717) is 6.04 Å². The molecule has 0 radical (unpaired) electrons. The smallest absolute Gasteiger partial charge is 0.0468 e. The minimum absolute atomic E-state index is 0.433. The molecule has 1 aliphatic heterocycles. The molecule has 1 heterocycles. The van der Waals surface area contributed by atoms with Crippen LogP contribution in [0.2, 0.25) is 0 Å². The van der Waals surface area contributed by atoms with Gasteiger partial charge in [-0.15, -0.1) is 0 Å². The average Bonchev–Trinajstić information content (AvgIpc) is 2.46. The Balaban J connectivity index is 1.83. The molecule has 0 aliphatic carbocycles. The van der Waals surface area contributed by atoms with Crippen LogP contribution in [-0.2, 0) is 4.74 Å². The maximum atomic E-state index is 6.26. The normalized spacial score (nSPS) is 18.3. The molecule has 0 aromatic rings. The second-order valence-corrected chi connectivity index (χ2v) is 6.67. The van der Waals surface area contributed by atoms with Crippen molar-refractivity contribution in [3.05, 3.63) is 0 Å². The lowest BCUT2D eigenvalue weighted by Gasteiger charge is -2.24. The molecule has 0 bridgehead atoms. The molecular weight excluding hydrogens is 246 g/mol. The van der Waals surface area contributed by atoms with Crippen LogP contribution in [0, 0.1) is 5.92 Å². The molecule has 1 fully saturated rings. The largest absolute Gasteiger partial charge is 0.381 e. The summed E-state index contributed by atoms with van der Waals surface area (Å²) in [6, 6.07) is 0.433. The van der Waals surface area contributed by atoms with Crippen molar-refractivity contribution in [3.63, 3.8) is 0 Å². The molecule has 0 saturated carbocycles. The minimum atomic E-state index is 0.433. The summed E-state index contributed by atoms with van der Waals surface area (Å²) in [5.41, 5.74) is 6.26. The quantitative estimate of drug-likeness (QED) is 0.509. The van der Waals surface area contributed by atoms with Gasteiger partial charge in [-0.05, 0) is 31.6 Å². The molecule has 1 aliphatic rings. The van der Waals surface area contributed by atoms with Gasteiger partial charge in [-0.2, -0.15) is 0 Å². The average molecular weight is 284 g/mol. The third-order valence-electron chi connectivity index (χ3n) is 4.66. The van der Waals surface area contributed by atoms with Crippen molar-refractivity contribution in [2.45, 2.75) is 96.4 Å². The summed E-state index contributed by atoms with van der Waals surface area (Å²) in [5, 5.41) is 0. The van der Waals surface area contributed by atoms with Crippen LogP contribution in [0.5, 0.6) is 0 Å². The van der Waals surface area contributed by atoms with E-state index >= 15 is 0 Å². The SMILES string of the molecule is CCCCCCCCCCCC(N)CC1CCOCC1. The molecule has 0 aromatic heterocycles. The van der Waals surface area contributed by atoms with Gasteiger partial charge in [0.15, 0.2) is 0 Å². The van der Waals surface area contributed by atoms with Gasteiger partial charge in [0.05, 0.1) is 0 Å². The Labute approximate surface area is 126 Å². The highest BCUT2D eigenvalue weighted by molar-refractivity contribution is 4.71. The molecule has 1 atom stereocenters. The van der Waals surface area contributed by atoms with Crippen LogP contribution in [0.4, 0.5) is 0 Å². The lowest BCUT2D eigenvalue weighted by Crippen LogP contribution is -2.26. The van der Waals surface area contributed by atoms with Gasteiger partial charge in [0.25, 0.3) is 0 Å². The third kappa shape index (κ3) is 9.77. The first-order valence-corrected chi connectivity index (χ1v) is 9.16. The van der Waals surface area contributed by atoms with Gasteiger partial charge in [-0.25, -0.2) is 0 Å². The van der Waals surface area contributed by atoms with E-state index in [2.05, 4.69) is 6.92 Å². The van der Waals surface area contributed by atoms with Gasteiger partial charge in [0.1, 0.15) is 0 Å². The van der Waals surface area contributed by atoms with Gasteiger partial charge >= 0.3 is 0 Å². The van der Waals surface area contributed by atoms with E-state index < -0.39 is 0 Å². The molecule has 2 N–H and O–H groups in total. The maximum absolute atomic E-state index is 6.26. The molecule has 0 aromatic carbocycles. The summed E-state index contributed by atoms with van der Waals surface area (Å²) in [4.78, 5) is 0. The lowest BCUT2D eigenvalue weighted by molar-refractivity contribution is 0.0615. The summed E-state index contributed by atoms with van der Waals surface area (Å²) < 4.78 is 5.40. The van der Waals surface area contributed by atoms with Crippen LogP contribution < -0.4 is 5.73 Å². The number of unbranched alkanes of at least 4 members (excludes halogenated alkanes) is 8. The van der Waals surface area contributed by atoms with Crippen LogP contribution in [0.3, 0.4) is 0 Å². The summed E-state index contributed by atoms with van der Waals surface area (Å²) in [6.45, 7) is 4.19. The minimum Gasteiger partial charge on any atom is -0.381 e. The van der Waals surface area contributed by atoms with E-state index in [1.807, 2.05) is 0 Å². The summed E-state index contributed by atoms with van der Waals surface area (Å²) >= 11 is 0. The van der Waals surface area contributed by atoms with Gasteiger partial charge in [0.2, 0.25) is 0 Å². The number of ether oxygens (including phenoxy) is 1. The van der Waals surface area contributed by atoms with Gasteiger partial charge < -0.3 is 10.5 Å².